The highest BCUT2D eigenvalue weighted by atomic mass is 35.5. The molecule has 0 amide bonds. The smallest absolute Gasteiger partial charge is 0.417 e. The number of carboxylic acids is 1. The van der Waals surface area contributed by atoms with Crippen molar-refractivity contribution in [3.8, 4) is 5.75 Å². The number of nitrogens with zero attached hydrogens (tertiary/aromatic N) is 1. The molecule has 0 aromatic heterocycles. The highest BCUT2D eigenvalue weighted by molar-refractivity contribution is 6.32. The Labute approximate surface area is 278 Å². The zero-order valence-electron chi connectivity index (χ0n) is 25.6. The van der Waals surface area contributed by atoms with Crippen LogP contribution in [0, 0.1) is 5.92 Å². The number of halogens is 5. The minimum absolute atomic E-state index is 0.139. The minimum Gasteiger partial charge on any atom is -0.494 e. The first-order chi connectivity index (χ1) is 22.0. The van der Waals surface area contributed by atoms with Crippen LogP contribution in [0.15, 0.2) is 97.1 Å². The number of aliphatic carboxylic acids is 1. The van der Waals surface area contributed by atoms with Gasteiger partial charge in [0.25, 0.3) is 0 Å². The van der Waals surface area contributed by atoms with E-state index in [1.807, 2.05) is 85.8 Å². The SMILES string of the molecule is CC(CCC(=O)O)Cc1cccc(OCCCN(Cc2cccc(C(F)(F)F)c2Cl)CC(c2ccccc2)c2ccccc2Cl)c1. The van der Waals surface area contributed by atoms with Crippen LogP contribution in [-0.4, -0.2) is 35.7 Å². The van der Waals surface area contributed by atoms with Gasteiger partial charge >= 0.3 is 12.1 Å². The van der Waals surface area contributed by atoms with Crippen LogP contribution in [0.3, 0.4) is 0 Å². The monoisotopic (exact) mass is 671 g/mol. The standard InChI is InChI=1S/C37H38Cl2F3NO3/c1-26(18-19-35(44)45)22-27-10-7-14-30(23-27)46-21-9-20-43(24-29-13-8-16-33(36(29)39)37(40,41)42)25-32(28-11-3-2-4-12-28)31-15-5-6-17-34(31)38/h2-8,10-17,23,26,32H,9,18-22,24-25H2,1H3,(H,44,45). The van der Waals surface area contributed by atoms with Gasteiger partial charge in [0.1, 0.15) is 5.75 Å². The predicted molar refractivity (Wildman–Crippen MR) is 178 cm³/mol. The maximum Gasteiger partial charge on any atom is 0.417 e. The summed E-state index contributed by atoms with van der Waals surface area (Å²) in [4.78, 5) is 13.0. The van der Waals surface area contributed by atoms with E-state index < -0.39 is 17.7 Å². The van der Waals surface area contributed by atoms with Crippen LogP contribution in [0.25, 0.3) is 0 Å². The number of benzene rings is 4. The second-order valence-corrected chi connectivity index (χ2v) is 12.4. The van der Waals surface area contributed by atoms with Crippen molar-refractivity contribution >= 4 is 29.2 Å². The third kappa shape index (κ3) is 10.5. The summed E-state index contributed by atoms with van der Waals surface area (Å²) < 4.78 is 47.2. The van der Waals surface area contributed by atoms with Crippen LogP contribution in [0.4, 0.5) is 13.2 Å². The molecule has 4 aromatic rings. The number of hydrogen-bond acceptors (Lipinski definition) is 3. The van der Waals surface area contributed by atoms with Crippen molar-refractivity contribution in [1.82, 2.24) is 4.90 Å². The maximum absolute atomic E-state index is 13.7. The van der Waals surface area contributed by atoms with E-state index in [1.54, 1.807) is 6.07 Å². The van der Waals surface area contributed by atoms with Gasteiger partial charge in [-0.25, -0.2) is 0 Å². The second kappa shape index (κ2) is 16.9. The summed E-state index contributed by atoms with van der Waals surface area (Å²) in [6.07, 6.45) is -2.46. The molecule has 0 spiro atoms. The first-order valence-electron chi connectivity index (χ1n) is 15.3. The normalized spacial score (nSPS) is 13.0. The minimum atomic E-state index is -4.56. The number of hydrogen-bond donors (Lipinski definition) is 1. The Morgan fingerprint density at radius 2 is 1.65 bits per heavy atom. The molecule has 0 heterocycles. The molecule has 0 aliphatic rings. The zero-order valence-corrected chi connectivity index (χ0v) is 27.2. The lowest BCUT2D eigenvalue weighted by atomic mass is 9.90. The van der Waals surface area contributed by atoms with Gasteiger partial charge in [0.05, 0.1) is 17.2 Å². The lowest BCUT2D eigenvalue weighted by Crippen LogP contribution is -2.31. The Hall–Kier alpha value is -3.52. The highest BCUT2D eigenvalue weighted by Gasteiger charge is 2.34. The third-order valence-corrected chi connectivity index (χ3v) is 8.71. The molecule has 0 bridgehead atoms. The molecule has 0 saturated carbocycles. The Morgan fingerprint density at radius 1 is 0.935 bits per heavy atom. The lowest BCUT2D eigenvalue weighted by Gasteiger charge is -2.29. The van der Waals surface area contributed by atoms with Crippen LogP contribution < -0.4 is 4.74 Å². The van der Waals surface area contributed by atoms with Crippen molar-refractivity contribution in [1.29, 1.82) is 0 Å². The molecule has 0 radical (unpaired) electrons. The maximum atomic E-state index is 13.7. The fraction of sp³-hybridized carbons (Fsp3) is 0.324. The molecule has 0 fully saturated rings. The summed E-state index contributed by atoms with van der Waals surface area (Å²) in [6, 6.07) is 29.4. The van der Waals surface area contributed by atoms with Crippen molar-refractivity contribution < 1.29 is 27.8 Å². The summed E-state index contributed by atoms with van der Waals surface area (Å²) >= 11 is 13.0. The van der Waals surface area contributed by atoms with Crippen LogP contribution >= 0.6 is 23.2 Å². The number of rotatable bonds is 16. The number of alkyl halides is 3. The van der Waals surface area contributed by atoms with Gasteiger partial charge in [-0.2, -0.15) is 13.2 Å². The molecule has 4 nitrogen and oxygen atoms in total. The molecular formula is C37H38Cl2F3NO3. The van der Waals surface area contributed by atoms with E-state index in [4.69, 9.17) is 33.0 Å². The Bertz CT molecular complexity index is 1570. The van der Waals surface area contributed by atoms with E-state index in [0.29, 0.717) is 48.9 Å². The summed E-state index contributed by atoms with van der Waals surface area (Å²) in [5.41, 5.74) is 2.59. The molecule has 0 aliphatic heterocycles. The first-order valence-corrected chi connectivity index (χ1v) is 16.1. The van der Waals surface area contributed by atoms with E-state index in [0.717, 1.165) is 29.2 Å². The van der Waals surface area contributed by atoms with Gasteiger partial charge in [0.2, 0.25) is 0 Å². The van der Waals surface area contributed by atoms with E-state index in [-0.39, 0.29) is 29.8 Å². The molecule has 244 valence electrons. The first kappa shape index (κ1) is 35.3. The fourth-order valence-electron chi connectivity index (χ4n) is 5.60. The van der Waals surface area contributed by atoms with E-state index in [9.17, 15) is 18.0 Å². The Morgan fingerprint density at radius 3 is 2.37 bits per heavy atom. The van der Waals surface area contributed by atoms with Crippen molar-refractivity contribution in [2.45, 2.75) is 51.2 Å². The van der Waals surface area contributed by atoms with E-state index >= 15 is 0 Å². The number of carboxylic acid groups (broad SMARTS) is 1. The summed E-state index contributed by atoms with van der Waals surface area (Å²) in [7, 11) is 0. The van der Waals surface area contributed by atoms with Gasteiger partial charge in [0, 0.05) is 37.0 Å². The van der Waals surface area contributed by atoms with Gasteiger partial charge in [-0.15, -0.1) is 0 Å². The van der Waals surface area contributed by atoms with Gasteiger partial charge in [-0.1, -0.05) is 103 Å². The van der Waals surface area contributed by atoms with Crippen molar-refractivity contribution in [3.63, 3.8) is 0 Å². The van der Waals surface area contributed by atoms with Gasteiger partial charge in [-0.3, -0.25) is 9.69 Å². The largest absolute Gasteiger partial charge is 0.494 e. The fourth-order valence-corrected chi connectivity index (χ4v) is 6.16. The Kier molecular flexibility index (Phi) is 13.0. The topological polar surface area (TPSA) is 49.8 Å². The quantitative estimate of drug-likeness (QED) is 0.120. The van der Waals surface area contributed by atoms with Crippen LogP contribution in [0.5, 0.6) is 5.75 Å². The molecule has 4 aromatic carbocycles. The van der Waals surface area contributed by atoms with Crippen LogP contribution in [0.2, 0.25) is 10.0 Å². The molecule has 46 heavy (non-hydrogen) atoms. The number of ether oxygens (including phenoxy) is 1. The highest BCUT2D eigenvalue weighted by Crippen LogP contribution is 2.37. The molecular weight excluding hydrogens is 634 g/mol. The Balaban J connectivity index is 1.51. The number of carbonyl (C=O) groups is 1. The second-order valence-electron chi connectivity index (χ2n) is 11.6. The molecule has 2 unspecified atom stereocenters. The van der Waals surface area contributed by atoms with Gasteiger partial charge in [0.15, 0.2) is 0 Å². The van der Waals surface area contributed by atoms with Crippen molar-refractivity contribution in [3.05, 3.63) is 135 Å². The average Bonchev–Trinajstić information content (AvgIpc) is 3.02. The molecule has 2 atom stereocenters. The molecule has 0 aliphatic carbocycles. The van der Waals surface area contributed by atoms with Crippen LogP contribution in [-0.2, 0) is 23.9 Å². The van der Waals surface area contributed by atoms with E-state index in [2.05, 4.69) is 4.90 Å². The molecule has 9 heteroatoms. The van der Waals surface area contributed by atoms with Crippen LogP contribution in [0.1, 0.15) is 59.9 Å². The van der Waals surface area contributed by atoms with E-state index in [1.165, 1.54) is 6.07 Å². The van der Waals surface area contributed by atoms with Crippen molar-refractivity contribution in [2.24, 2.45) is 5.92 Å². The average molecular weight is 673 g/mol. The summed E-state index contributed by atoms with van der Waals surface area (Å²) in [5, 5.41) is 9.30. The predicted octanol–water partition coefficient (Wildman–Crippen LogP) is 10.2. The summed E-state index contributed by atoms with van der Waals surface area (Å²) in [5.74, 6) is 0.00217. The third-order valence-electron chi connectivity index (χ3n) is 7.92. The molecule has 1 N–H and O–H groups in total. The zero-order chi connectivity index (χ0) is 33.1. The van der Waals surface area contributed by atoms with Gasteiger partial charge in [-0.05, 0) is 71.7 Å². The lowest BCUT2D eigenvalue weighted by molar-refractivity contribution is -0.138. The van der Waals surface area contributed by atoms with Crippen molar-refractivity contribution in [2.75, 3.05) is 19.7 Å². The molecule has 4 rings (SSSR count). The molecule has 0 saturated heterocycles. The van der Waals surface area contributed by atoms with Gasteiger partial charge < -0.3 is 9.84 Å². The summed E-state index contributed by atoms with van der Waals surface area (Å²) in [6.45, 7) is 3.66.